The summed E-state index contributed by atoms with van der Waals surface area (Å²) in [4.78, 5) is 42.8. The van der Waals surface area contributed by atoms with E-state index in [2.05, 4.69) is 0 Å². The highest BCUT2D eigenvalue weighted by Gasteiger charge is 2.26. The van der Waals surface area contributed by atoms with E-state index in [1.165, 1.54) is 0 Å². The predicted octanol–water partition coefficient (Wildman–Crippen LogP) is 2.42. The van der Waals surface area contributed by atoms with Gasteiger partial charge in [-0.3, -0.25) is 14.4 Å². The second-order valence-electron chi connectivity index (χ2n) is 7.51. The summed E-state index contributed by atoms with van der Waals surface area (Å²) in [6.45, 7) is 2.68. The highest BCUT2D eigenvalue weighted by molar-refractivity contribution is 5.98. The number of piperazine rings is 1. The lowest BCUT2D eigenvalue weighted by Crippen LogP contribution is -2.50. The Morgan fingerprint density at radius 2 is 1.47 bits per heavy atom. The van der Waals surface area contributed by atoms with Crippen LogP contribution in [-0.4, -0.2) is 67.4 Å². The summed E-state index contributed by atoms with van der Waals surface area (Å²) in [6, 6.07) is 14.3. The van der Waals surface area contributed by atoms with E-state index in [0.717, 1.165) is 18.7 Å². The first-order valence-corrected chi connectivity index (χ1v) is 10.2. The van der Waals surface area contributed by atoms with Crippen LogP contribution in [0.2, 0.25) is 0 Å². The van der Waals surface area contributed by atoms with E-state index in [9.17, 15) is 14.4 Å². The van der Waals surface area contributed by atoms with Gasteiger partial charge in [-0.2, -0.15) is 0 Å². The van der Waals surface area contributed by atoms with Crippen LogP contribution in [0.1, 0.15) is 33.6 Å². The molecule has 2 aromatic rings. The molecule has 2 aliphatic rings. The van der Waals surface area contributed by atoms with Crippen LogP contribution in [0.3, 0.4) is 0 Å². The number of anilines is 1. The molecule has 156 valence electrons. The zero-order valence-electron chi connectivity index (χ0n) is 17.0. The van der Waals surface area contributed by atoms with Crippen molar-refractivity contribution >= 4 is 23.4 Å². The number of hydrogen-bond donors (Lipinski definition) is 0. The Balaban J connectivity index is 1.36. The van der Waals surface area contributed by atoms with E-state index < -0.39 is 0 Å². The minimum Gasteiger partial charge on any atom is -0.497 e. The van der Waals surface area contributed by atoms with Gasteiger partial charge in [-0.1, -0.05) is 6.07 Å². The molecule has 2 aliphatic heterocycles. The second-order valence-corrected chi connectivity index (χ2v) is 7.51. The van der Waals surface area contributed by atoms with Gasteiger partial charge in [0.1, 0.15) is 5.75 Å². The number of ether oxygens (including phenoxy) is 1. The summed E-state index contributed by atoms with van der Waals surface area (Å²) in [7, 11) is 1.57. The molecule has 2 saturated heterocycles. The van der Waals surface area contributed by atoms with Crippen molar-refractivity contribution in [3.05, 3.63) is 59.7 Å². The molecule has 0 aliphatic carbocycles. The molecule has 0 spiro atoms. The average Bonchev–Trinajstić information content (AvgIpc) is 3.24. The van der Waals surface area contributed by atoms with E-state index in [1.807, 2.05) is 12.1 Å². The van der Waals surface area contributed by atoms with Crippen molar-refractivity contribution in [1.29, 1.82) is 0 Å². The van der Waals surface area contributed by atoms with Crippen LogP contribution in [0, 0.1) is 0 Å². The minimum absolute atomic E-state index is 0.0530. The summed E-state index contributed by atoms with van der Waals surface area (Å²) in [5.41, 5.74) is 2.02. The number of benzene rings is 2. The molecule has 0 atom stereocenters. The van der Waals surface area contributed by atoms with Crippen molar-refractivity contribution in [2.24, 2.45) is 0 Å². The molecule has 2 heterocycles. The fourth-order valence-corrected chi connectivity index (χ4v) is 3.94. The van der Waals surface area contributed by atoms with Crippen molar-refractivity contribution in [1.82, 2.24) is 9.80 Å². The predicted molar refractivity (Wildman–Crippen MR) is 113 cm³/mol. The van der Waals surface area contributed by atoms with Gasteiger partial charge in [0, 0.05) is 56.0 Å². The van der Waals surface area contributed by atoms with Gasteiger partial charge in [0.05, 0.1) is 7.11 Å². The first kappa shape index (κ1) is 19.9. The van der Waals surface area contributed by atoms with Gasteiger partial charge in [-0.15, -0.1) is 0 Å². The number of methoxy groups -OCH3 is 1. The van der Waals surface area contributed by atoms with Crippen LogP contribution < -0.4 is 9.64 Å². The van der Waals surface area contributed by atoms with Crippen LogP contribution in [0.25, 0.3) is 0 Å². The Bertz CT molecular complexity index is 949. The van der Waals surface area contributed by atoms with Crippen LogP contribution >= 0.6 is 0 Å². The van der Waals surface area contributed by atoms with Crippen LogP contribution in [0.4, 0.5) is 5.69 Å². The number of carbonyl (C=O) groups is 3. The topological polar surface area (TPSA) is 70.2 Å². The SMILES string of the molecule is COc1cccc(C(=O)N2CCN(C(=O)c3ccc(N4CCCC4=O)cc3)CC2)c1. The first-order chi connectivity index (χ1) is 14.6. The number of hydrogen-bond acceptors (Lipinski definition) is 4. The van der Waals surface area contributed by atoms with Gasteiger partial charge in [-0.05, 0) is 48.9 Å². The lowest BCUT2D eigenvalue weighted by Gasteiger charge is -2.35. The average molecular weight is 407 g/mol. The van der Waals surface area contributed by atoms with Crippen molar-refractivity contribution in [3.63, 3.8) is 0 Å². The molecule has 30 heavy (non-hydrogen) atoms. The Kier molecular flexibility index (Phi) is 5.70. The molecule has 2 aromatic carbocycles. The zero-order chi connectivity index (χ0) is 21.1. The molecule has 0 unspecified atom stereocenters. The van der Waals surface area contributed by atoms with Gasteiger partial charge in [0.15, 0.2) is 0 Å². The molecule has 4 rings (SSSR count). The standard InChI is InChI=1S/C23H25N3O4/c1-30-20-5-2-4-18(16-20)23(29)25-14-12-24(13-15-25)22(28)17-7-9-19(10-8-17)26-11-3-6-21(26)27/h2,4-5,7-10,16H,3,6,11-15H2,1H3. The summed E-state index contributed by atoms with van der Waals surface area (Å²) in [5, 5.41) is 0. The van der Waals surface area contributed by atoms with Crippen molar-refractivity contribution < 1.29 is 19.1 Å². The van der Waals surface area contributed by atoms with E-state index in [0.29, 0.717) is 49.5 Å². The molecular weight excluding hydrogens is 382 g/mol. The molecular formula is C23H25N3O4. The first-order valence-electron chi connectivity index (χ1n) is 10.2. The normalized spacial score (nSPS) is 16.7. The Morgan fingerprint density at radius 1 is 0.833 bits per heavy atom. The lowest BCUT2D eigenvalue weighted by atomic mass is 10.1. The molecule has 0 bridgehead atoms. The Morgan fingerprint density at radius 3 is 2.03 bits per heavy atom. The fourth-order valence-electron chi connectivity index (χ4n) is 3.94. The maximum atomic E-state index is 12.9. The quantitative estimate of drug-likeness (QED) is 0.781. The minimum atomic E-state index is -0.0550. The summed E-state index contributed by atoms with van der Waals surface area (Å²) < 4.78 is 5.19. The van der Waals surface area contributed by atoms with Crippen molar-refractivity contribution in [3.8, 4) is 5.75 Å². The van der Waals surface area contributed by atoms with Crippen molar-refractivity contribution in [2.75, 3.05) is 44.7 Å². The lowest BCUT2D eigenvalue weighted by molar-refractivity contribution is -0.117. The molecule has 7 heteroatoms. The maximum absolute atomic E-state index is 12.9. The maximum Gasteiger partial charge on any atom is 0.254 e. The Labute approximate surface area is 175 Å². The fraction of sp³-hybridized carbons (Fsp3) is 0.348. The van der Waals surface area contributed by atoms with Crippen LogP contribution in [-0.2, 0) is 4.79 Å². The van der Waals surface area contributed by atoms with Gasteiger partial charge in [0.2, 0.25) is 5.91 Å². The van der Waals surface area contributed by atoms with E-state index in [1.54, 1.807) is 58.2 Å². The third-order valence-corrected chi connectivity index (χ3v) is 5.67. The number of nitrogens with zero attached hydrogens (tertiary/aromatic N) is 3. The second kappa shape index (κ2) is 8.57. The summed E-state index contributed by atoms with van der Waals surface area (Å²) in [6.07, 6.45) is 1.46. The highest BCUT2D eigenvalue weighted by atomic mass is 16.5. The number of carbonyl (C=O) groups excluding carboxylic acids is 3. The molecule has 7 nitrogen and oxygen atoms in total. The van der Waals surface area contributed by atoms with Gasteiger partial charge >= 0.3 is 0 Å². The summed E-state index contributed by atoms with van der Waals surface area (Å²) in [5.74, 6) is 0.669. The van der Waals surface area contributed by atoms with Crippen LogP contribution in [0.15, 0.2) is 48.5 Å². The smallest absolute Gasteiger partial charge is 0.254 e. The van der Waals surface area contributed by atoms with Crippen LogP contribution in [0.5, 0.6) is 5.75 Å². The monoisotopic (exact) mass is 407 g/mol. The molecule has 3 amide bonds. The molecule has 0 aromatic heterocycles. The number of rotatable bonds is 4. The highest BCUT2D eigenvalue weighted by Crippen LogP contribution is 2.22. The molecule has 0 radical (unpaired) electrons. The van der Waals surface area contributed by atoms with Gasteiger partial charge < -0.3 is 19.4 Å². The third kappa shape index (κ3) is 4.01. The largest absolute Gasteiger partial charge is 0.497 e. The molecule has 2 fully saturated rings. The van der Waals surface area contributed by atoms with E-state index >= 15 is 0 Å². The van der Waals surface area contributed by atoms with Gasteiger partial charge in [0.25, 0.3) is 11.8 Å². The molecule has 0 saturated carbocycles. The third-order valence-electron chi connectivity index (χ3n) is 5.67. The summed E-state index contributed by atoms with van der Waals surface area (Å²) >= 11 is 0. The Hall–Kier alpha value is -3.35. The van der Waals surface area contributed by atoms with Crippen molar-refractivity contribution in [2.45, 2.75) is 12.8 Å². The van der Waals surface area contributed by atoms with E-state index in [4.69, 9.17) is 4.74 Å². The zero-order valence-corrected chi connectivity index (χ0v) is 17.0. The van der Waals surface area contributed by atoms with E-state index in [-0.39, 0.29) is 17.7 Å². The molecule has 0 N–H and O–H groups in total. The number of amides is 3. The van der Waals surface area contributed by atoms with Gasteiger partial charge in [-0.25, -0.2) is 0 Å².